The zero-order valence-corrected chi connectivity index (χ0v) is 11.1. The Morgan fingerprint density at radius 1 is 1.12 bits per heavy atom. The Morgan fingerprint density at radius 2 is 1.69 bits per heavy atom. The molecule has 2 unspecified atom stereocenters. The van der Waals surface area contributed by atoms with Crippen LogP contribution in [0.5, 0.6) is 0 Å². The second kappa shape index (κ2) is 4.68. The molecule has 1 heteroatoms. The van der Waals surface area contributed by atoms with Gasteiger partial charge in [-0.25, -0.2) is 0 Å². The topological polar surface area (TPSA) is 0 Å². The van der Waals surface area contributed by atoms with Crippen molar-refractivity contribution in [1.82, 2.24) is 0 Å². The Kier molecular flexibility index (Phi) is 4.10. The Morgan fingerprint density at radius 3 is 2.06 bits per heavy atom. The van der Waals surface area contributed by atoms with Crippen molar-refractivity contribution in [3.8, 4) is 0 Å². The van der Waals surface area contributed by atoms with Gasteiger partial charge in [0.2, 0.25) is 0 Å². The summed E-state index contributed by atoms with van der Waals surface area (Å²) in [5.41, 5.74) is 0.604. The molecule has 1 aliphatic carbocycles. The minimum atomic E-state index is 0. The number of likely N-dealkylation sites (tertiary alicyclic amines) is 1. The minimum Gasteiger partial charge on any atom is -0.321 e. The largest absolute Gasteiger partial charge is 0.321 e. The van der Waals surface area contributed by atoms with E-state index in [4.69, 9.17) is 0 Å². The summed E-state index contributed by atoms with van der Waals surface area (Å²) in [6, 6.07) is 0.965. The number of quaternary nitrogens is 1. The van der Waals surface area contributed by atoms with Gasteiger partial charge in [0.05, 0.1) is 25.7 Å². The van der Waals surface area contributed by atoms with E-state index in [0.717, 1.165) is 12.0 Å². The van der Waals surface area contributed by atoms with Gasteiger partial charge in [-0.15, -0.1) is 0 Å². The van der Waals surface area contributed by atoms with E-state index in [0.29, 0.717) is 5.41 Å². The fourth-order valence-electron chi connectivity index (χ4n) is 4.44. The molecular weight excluding hydrogens is 194 g/mol. The number of nitrogens with zero attached hydrogens (tertiary/aromatic N) is 1. The lowest BCUT2D eigenvalue weighted by Gasteiger charge is -2.41. The molecule has 1 nitrogen and oxygen atoms in total. The molecule has 0 aromatic heterocycles. The molecule has 0 radical (unpaired) electrons. The van der Waals surface area contributed by atoms with E-state index in [2.05, 4.69) is 27.7 Å². The number of hydrogen-bond donors (Lipinski definition) is 0. The van der Waals surface area contributed by atoms with Crippen LogP contribution in [0.25, 0.3) is 0 Å². The van der Waals surface area contributed by atoms with E-state index < -0.39 is 0 Å². The quantitative estimate of drug-likeness (QED) is 0.622. The predicted molar refractivity (Wildman–Crippen MR) is 72.5 cm³/mol. The van der Waals surface area contributed by atoms with Gasteiger partial charge in [-0.1, -0.05) is 28.2 Å². The lowest BCUT2D eigenvalue weighted by atomic mass is 9.91. The Hall–Kier alpha value is -0.0400. The first-order valence-corrected chi connectivity index (χ1v) is 6.85. The third kappa shape index (κ3) is 2.30. The molecule has 2 rings (SSSR count). The van der Waals surface area contributed by atoms with E-state index >= 15 is 0 Å². The zero-order chi connectivity index (χ0) is 11.1. The third-order valence-electron chi connectivity index (χ3n) is 5.08. The molecule has 2 atom stereocenters. The second-order valence-corrected chi connectivity index (χ2v) is 6.81. The van der Waals surface area contributed by atoms with Crippen molar-refractivity contribution in [3.63, 3.8) is 0 Å². The smallest absolute Gasteiger partial charge is 0.0921 e. The third-order valence-corrected chi connectivity index (χ3v) is 5.08. The van der Waals surface area contributed by atoms with Crippen LogP contribution in [0, 0.1) is 11.3 Å². The summed E-state index contributed by atoms with van der Waals surface area (Å²) in [7, 11) is 0. The van der Waals surface area contributed by atoms with E-state index in [1.807, 2.05) is 0 Å². The molecule has 16 heavy (non-hydrogen) atoms. The van der Waals surface area contributed by atoms with Gasteiger partial charge in [-0.05, 0) is 18.8 Å². The first-order chi connectivity index (χ1) is 6.99. The minimum absolute atomic E-state index is 0. The molecule has 2 fully saturated rings. The lowest BCUT2D eigenvalue weighted by molar-refractivity contribution is -0.941. The van der Waals surface area contributed by atoms with Crippen molar-refractivity contribution < 1.29 is 4.48 Å². The first kappa shape index (κ1) is 14.0. The van der Waals surface area contributed by atoms with Crippen molar-refractivity contribution in [2.75, 3.05) is 19.6 Å². The molecule has 96 valence electrons. The molecule has 1 heterocycles. The van der Waals surface area contributed by atoms with Gasteiger partial charge in [-0.3, -0.25) is 0 Å². The maximum Gasteiger partial charge on any atom is 0.0921 e. The molecule has 0 aromatic rings. The van der Waals surface area contributed by atoms with Gasteiger partial charge in [-0.2, -0.15) is 0 Å². The molecular formula is C15H32N+. The van der Waals surface area contributed by atoms with Crippen molar-refractivity contribution in [2.24, 2.45) is 11.3 Å². The summed E-state index contributed by atoms with van der Waals surface area (Å²) in [5, 5.41) is 0. The monoisotopic (exact) mass is 226 g/mol. The van der Waals surface area contributed by atoms with Crippen LogP contribution in [-0.2, 0) is 0 Å². The summed E-state index contributed by atoms with van der Waals surface area (Å²) in [6.07, 6.45) is 5.84. The van der Waals surface area contributed by atoms with Crippen LogP contribution >= 0.6 is 0 Å². The normalized spacial score (nSPS) is 36.0. The van der Waals surface area contributed by atoms with Crippen LogP contribution < -0.4 is 0 Å². The Bertz CT molecular complexity index is 226. The summed E-state index contributed by atoms with van der Waals surface area (Å²) < 4.78 is 1.45. The summed E-state index contributed by atoms with van der Waals surface area (Å²) >= 11 is 0. The van der Waals surface area contributed by atoms with Crippen molar-refractivity contribution in [3.05, 3.63) is 0 Å². The van der Waals surface area contributed by atoms with Crippen molar-refractivity contribution in [1.29, 1.82) is 0 Å². The van der Waals surface area contributed by atoms with E-state index in [1.54, 1.807) is 0 Å². The first-order valence-electron chi connectivity index (χ1n) is 6.85. The molecule has 2 aliphatic rings. The molecule has 0 aromatic carbocycles. The standard InChI is InChI=1S/C14H28N.CH4/c1-5-15(8-6-7-9-15)13-11-14(3,4)10-12(13)2;/h12-13H,5-11H2,1-4H3;1H4/q+1;. The lowest BCUT2D eigenvalue weighted by Crippen LogP contribution is -2.54. The van der Waals surface area contributed by atoms with E-state index in [-0.39, 0.29) is 7.43 Å². The highest BCUT2D eigenvalue weighted by molar-refractivity contribution is 4.89. The van der Waals surface area contributed by atoms with E-state index in [1.165, 1.54) is 49.8 Å². The summed E-state index contributed by atoms with van der Waals surface area (Å²) in [6.45, 7) is 14.1. The molecule has 1 saturated heterocycles. The maximum atomic E-state index is 2.49. The molecule has 0 spiro atoms. The van der Waals surface area contributed by atoms with E-state index in [9.17, 15) is 0 Å². The molecule has 0 amide bonds. The van der Waals surface area contributed by atoms with Gasteiger partial charge in [0.15, 0.2) is 0 Å². The average Bonchev–Trinajstić information content (AvgIpc) is 2.71. The van der Waals surface area contributed by atoms with Gasteiger partial charge in [0, 0.05) is 25.2 Å². The van der Waals surface area contributed by atoms with Crippen molar-refractivity contribution in [2.45, 2.75) is 66.8 Å². The second-order valence-electron chi connectivity index (χ2n) is 6.81. The predicted octanol–water partition coefficient (Wildman–Crippen LogP) is 4.08. The zero-order valence-electron chi connectivity index (χ0n) is 11.1. The fourth-order valence-corrected chi connectivity index (χ4v) is 4.44. The highest BCUT2D eigenvalue weighted by Crippen LogP contribution is 2.46. The van der Waals surface area contributed by atoms with Gasteiger partial charge in [0.25, 0.3) is 0 Å². The van der Waals surface area contributed by atoms with Crippen LogP contribution in [-0.4, -0.2) is 30.2 Å². The molecule has 1 saturated carbocycles. The van der Waals surface area contributed by atoms with Crippen LogP contribution in [0.4, 0.5) is 0 Å². The Balaban J connectivity index is 0.00000128. The molecule has 0 bridgehead atoms. The van der Waals surface area contributed by atoms with Crippen molar-refractivity contribution >= 4 is 0 Å². The Labute approximate surface area is 103 Å². The number of hydrogen-bond acceptors (Lipinski definition) is 0. The highest BCUT2D eigenvalue weighted by atomic mass is 15.4. The summed E-state index contributed by atoms with van der Waals surface area (Å²) in [5.74, 6) is 0.943. The highest BCUT2D eigenvalue weighted by Gasteiger charge is 2.49. The molecule has 1 aliphatic heterocycles. The van der Waals surface area contributed by atoms with Crippen LogP contribution in [0.2, 0.25) is 0 Å². The average molecular weight is 226 g/mol. The number of rotatable bonds is 2. The maximum absolute atomic E-state index is 2.49. The van der Waals surface area contributed by atoms with Gasteiger partial charge in [0.1, 0.15) is 0 Å². The molecule has 0 N–H and O–H groups in total. The summed E-state index contributed by atoms with van der Waals surface area (Å²) in [4.78, 5) is 0. The fraction of sp³-hybridized carbons (Fsp3) is 1.00. The van der Waals surface area contributed by atoms with Crippen LogP contribution in [0.1, 0.15) is 60.8 Å². The van der Waals surface area contributed by atoms with Crippen LogP contribution in [0.15, 0.2) is 0 Å². The van der Waals surface area contributed by atoms with Crippen LogP contribution in [0.3, 0.4) is 0 Å². The van der Waals surface area contributed by atoms with Gasteiger partial charge < -0.3 is 4.48 Å². The van der Waals surface area contributed by atoms with Gasteiger partial charge >= 0.3 is 0 Å². The SMILES string of the molecule is C.CC[N+]1(C2CC(C)(C)CC2C)CCCC1.